The van der Waals surface area contributed by atoms with E-state index in [1.807, 2.05) is 0 Å². The first-order chi connectivity index (χ1) is 9.06. The molecule has 0 amide bonds. The number of hydrogen-bond donors (Lipinski definition) is 1. The van der Waals surface area contributed by atoms with E-state index in [-0.39, 0.29) is 68.3 Å². The molecule has 0 unspecified atom stereocenters. The van der Waals surface area contributed by atoms with E-state index in [1.165, 1.54) is 36.5 Å². The summed E-state index contributed by atoms with van der Waals surface area (Å²) in [6, 6.07) is 6.97. The molecule has 0 saturated heterocycles. The predicted octanol–water partition coefficient (Wildman–Crippen LogP) is -2.06. The Balaban J connectivity index is 0.00000200. The summed E-state index contributed by atoms with van der Waals surface area (Å²) in [7, 11) is 0. The van der Waals surface area contributed by atoms with Crippen LogP contribution in [0.2, 0.25) is 0 Å². The molecule has 0 fully saturated rings. The van der Waals surface area contributed by atoms with Crippen molar-refractivity contribution in [2.75, 3.05) is 0 Å². The fourth-order valence-corrected chi connectivity index (χ4v) is 1.39. The van der Waals surface area contributed by atoms with Gasteiger partial charge in [0.25, 0.3) is 0 Å². The Labute approximate surface area is 156 Å². The van der Waals surface area contributed by atoms with E-state index in [1.54, 1.807) is 0 Å². The van der Waals surface area contributed by atoms with Crippen molar-refractivity contribution in [2.45, 2.75) is 0 Å². The second-order valence-corrected chi connectivity index (χ2v) is 3.63. The van der Waals surface area contributed by atoms with Gasteiger partial charge >= 0.3 is 57.4 Å². The van der Waals surface area contributed by atoms with Gasteiger partial charge in [-0.15, -0.1) is 0 Å². The second-order valence-electron chi connectivity index (χ2n) is 3.63. The van der Waals surface area contributed by atoms with E-state index in [0.717, 1.165) is 6.20 Å². The summed E-state index contributed by atoms with van der Waals surface area (Å²) < 4.78 is 5.36. The zero-order chi connectivity index (χ0) is 13.8. The quantitative estimate of drug-likeness (QED) is 0.652. The van der Waals surface area contributed by atoms with Crippen molar-refractivity contribution < 1.29 is 75.9 Å². The van der Waals surface area contributed by atoms with Gasteiger partial charge in [0.05, 0.1) is 17.7 Å². The van der Waals surface area contributed by atoms with Crippen LogP contribution in [0.5, 0.6) is 11.5 Å². The number of rotatable bonds is 4. The topological polar surface area (TPSA) is 99.5 Å². The van der Waals surface area contributed by atoms with Crippen molar-refractivity contribution in [1.82, 2.24) is 4.98 Å². The first-order valence-corrected chi connectivity index (χ1v) is 5.24. The summed E-state index contributed by atoms with van der Waals surface area (Å²) in [5, 5.41) is 19.4. The maximum Gasteiger partial charge on any atom is 1.00 e. The number of aromatic carboxylic acids is 2. The summed E-state index contributed by atoms with van der Waals surface area (Å²) in [6.45, 7) is 0. The first-order valence-electron chi connectivity index (χ1n) is 5.24. The van der Waals surface area contributed by atoms with Crippen LogP contribution in [0.25, 0.3) is 0 Å². The van der Waals surface area contributed by atoms with Gasteiger partial charge in [-0.2, -0.15) is 0 Å². The molecule has 2 aromatic rings. The van der Waals surface area contributed by atoms with Crippen molar-refractivity contribution in [3.05, 3.63) is 53.9 Å². The molecule has 6 nitrogen and oxygen atoms in total. The number of carboxylic acids is 2. The third-order valence-corrected chi connectivity index (χ3v) is 2.29. The van der Waals surface area contributed by atoms with Crippen molar-refractivity contribution in [2.24, 2.45) is 0 Å². The van der Waals surface area contributed by atoms with E-state index in [9.17, 15) is 14.7 Å². The van der Waals surface area contributed by atoms with E-state index in [2.05, 4.69) is 4.98 Å². The van der Waals surface area contributed by atoms with Gasteiger partial charge in [0, 0.05) is 11.8 Å². The molecule has 1 N–H and O–H groups in total. The number of pyridine rings is 1. The molecule has 0 atom stereocenters. The van der Waals surface area contributed by atoms with E-state index >= 15 is 0 Å². The average Bonchev–Trinajstić information content (AvgIpc) is 2.39. The molecule has 0 saturated carbocycles. The molecular weight excluding hydrogens is 289 g/mol. The normalized spacial score (nSPS) is 9.40. The van der Waals surface area contributed by atoms with Crippen LogP contribution >= 0.6 is 0 Å². The average molecular weight is 297 g/mol. The predicted molar refractivity (Wildman–Crippen MR) is 62.0 cm³/mol. The SMILES string of the molecule is O=C([O-])c1cncc(Oc2ccc(C(=O)O)cc2)c1.[K+]. The van der Waals surface area contributed by atoms with Crippen LogP contribution in [-0.2, 0) is 0 Å². The van der Waals surface area contributed by atoms with Crippen LogP contribution in [0.1, 0.15) is 20.7 Å². The first kappa shape index (κ1) is 16.8. The van der Waals surface area contributed by atoms with Gasteiger partial charge in [-0.3, -0.25) is 4.98 Å². The molecule has 0 spiro atoms. The van der Waals surface area contributed by atoms with Crippen LogP contribution in [0.15, 0.2) is 42.7 Å². The van der Waals surface area contributed by atoms with Crippen LogP contribution in [0.4, 0.5) is 0 Å². The van der Waals surface area contributed by atoms with Crippen LogP contribution in [0, 0.1) is 0 Å². The monoisotopic (exact) mass is 297 g/mol. The van der Waals surface area contributed by atoms with E-state index in [4.69, 9.17) is 9.84 Å². The Morgan fingerprint density at radius 3 is 2.25 bits per heavy atom. The summed E-state index contributed by atoms with van der Waals surface area (Å²) >= 11 is 0. The number of carbonyl (C=O) groups is 2. The molecule has 20 heavy (non-hydrogen) atoms. The molecule has 0 bridgehead atoms. The third kappa shape index (κ3) is 4.39. The molecule has 1 heterocycles. The van der Waals surface area contributed by atoms with Crippen LogP contribution < -0.4 is 61.2 Å². The van der Waals surface area contributed by atoms with Gasteiger partial charge in [0.1, 0.15) is 11.5 Å². The Morgan fingerprint density at radius 2 is 1.70 bits per heavy atom. The number of nitrogens with zero attached hydrogens (tertiary/aromatic N) is 1. The minimum absolute atomic E-state index is 0. The second kappa shape index (κ2) is 7.51. The van der Waals surface area contributed by atoms with Gasteiger partial charge in [-0.25, -0.2) is 4.79 Å². The van der Waals surface area contributed by atoms with Crippen molar-refractivity contribution in [1.29, 1.82) is 0 Å². The zero-order valence-corrected chi connectivity index (χ0v) is 13.7. The standard InChI is InChI=1S/C13H9NO5.K/c15-12(16)8-1-3-10(4-2-8)19-11-5-9(13(17)18)6-14-7-11;/h1-7H,(H,15,16)(H,17,18);/q;+1/p-1. The molecule has 0 aliphatic carbocycles. The number of carbonyl (C=O) groups excluding carboxylic acids is 1. The van der Waals surface area contributed by atoms with Crippen molar-refractivity contribution in [3.63, 3.8) is 0 Å². The third-order valence-electron chi connectivity index (χ3n) is 2.29. The van der Waals surface area contributed by atoms with Gasteiger partial charge in [0.2, 0.25) is 0 Å². The molecule has 96 valence electrons. The number of aromatic nitrogens is 1. The maximum absolute atomic E-state index is 10.7. The van der Waals surface area contributed by atoms with Gasteiger partial charge in [-0.05, 0) is 30.3 Å². The minimum atomic E-state index is -1.35. The molecule has 2 rings (SSSR count). The largest absolute Gasteiger partial charge is 1.00 e. The fraction of sp³-hybridized carbons (Fsp3) is 0. The smallest absolute Gasteiger partial charge is 0.545 e. The number of carboxylic acid groups (broad SMARTS) is 2. The Morgan fingerprint density at radius 1 is 1.05 bits per heavy atom. The Hall–Kier alpha value is -1.25. The molecule has 0 radical (unpaired) electrons. The van der Waals surface area contributed by atoms with Crippen molar-refractivity contribution in [3.8, 4) is 11.5 Å². The fourth-order valence-electron chi connectivity index (χ4n) is 1.39. The van der Waals surface area contributed by atoms with E-state index < -0.39 is 11.9 Å². The molecular formula is C13H8KNO5. The summed E-state index contributed by atoms with van der Waals surface area (Å²) in [5.74, 6) is -1.78. The number of benzene rings is 1. The Kier molecular flexibility index (Phi) is 6.31. The number of hydrogen-bond acceptors (Lipinski definition) is 5. The zero-order valence-electron chi connectivity index (χ0n) is 10.6. The minimum Gasteiger partial charge on any atom is -0.545 e. The molecule has 0 aliphatic heterocycles. The van der Waals surface area contributed by atoms with E-state index in [0.29, 0.717) is 5.75 Å². The van der Waals surface area contributed by atoms with Crippen LogP contribution in [-0.4, -0.2) is 22.0 Å². The summed E-state index contributed by atoms with van der Waals surface area (Å²) in [5.41, 5.74) is 0.0358. The van der Waals surface area contributed by atoms with Crippen LogP contribution in [0.3, 0.4) is 0 Å². The van der Waals surface area contributed by atoms with Gasteiger partial charge in [-0.1, -0.05) is 0 Å². The Bertz CT molecular complexity index is 627. The number of ether oxygens (including phenoxy) is 1. The van der Waals surface area contributed by atoms with Crippen molar-refractivity contribution >= 4 is 11.9 Å². The van der Waals surface area contributed by atoms with Gasteiger partial charge in [0.15, 0.2) is 0 Å². The maximum atomic E-state index is 10.7. The summed E-state index contributed by atoms with van der Waals surface area (Å²) in [4.78, 5) is 25.0. The summed E-state index contributed by atoms with van der Waals surface area (Å²) in [6.07, 6.45) is 2.49. The molecule has 7 heteroatoms. The molecule has 1 aromatic carbocycles. The van der Waals surface area contributed by atoms with Gasteiger partial charge < -0.3 is 19.7 Å². The molecule has 1 aromatic heterocycles. The molecule has 0 aliphatic rings.